The molecule has 4 rings (SSSR count). The molecule has 2 aromatic rings. The smallest absolute Gasteiger partial charge is 0.322 e. The number of urea groups is 1. The summed E-state index contributed by atoms with van der Waals surface area (Å²) in [5.41, 5.74) is 3.43. The lowest BCUT2D eigenvalue weighted by molar-refractivity contribution is 0.208. The first kappa shape index (κ1) is 17.6. The van der Waals surface area contributed by atoms with E-state index in [0.717, 1.165) is 25.0 Å². The lowest BCUT2D eigenvalue weighted by atomic mass is 10.2. The lowest BCUT2D eigenvalue weighted by Crippen LogP contribution is -2.50. The van der Waals surface area contributed by atoms with Gasteiger partial charge in [-0.15, -0.1) is 0 Å². The van der Waals surface area contributed by atoms with E-state index >= 15 is 0 Å². The van der Waals surface area contributed by atoms with Gasteiger partial charge in [-0.25, -0.2) is 14.2 Å². The van der Waals surface area contributed by atoms with E-state index in [9.17, 15) is 9.18 Å². The monoisotopic (exact) mass is 370 g/mol. The number of aryl methyl sites for hydroxylation is 2. The van der Waals surface area contributed by atoms with Crippen LogP contribution in [0.15, 0.2) is 30.3 Å². The van der Waals surface area contributed by atoms with E-state index in [1.165, 1.54) is 11.6 Å². The predicted octanol–water partition coefficient (Wildman–Crippen LogP) is 3.07. The van der Waals surface area contributed by atoms with Gasteiger partial charge in [0.15, 0.2) is 0 Å². The molecular formula is C20H23FN4O2. The second-order valence-corrected chi connectivity index (χ2v) is 6.86. The maximum absolute atomic E-state index is 14.0. The van der Waals surface area contributed by atoms with Gasteiger partial charge in [-0.05, 0) is 43.0 Å². The minimum Gasteiger partial charge on any atom is -0.480 e. The fourth-order valence-electron chi connectivity index (χ4n) is 3.75. The number of hydrogen-bond donors (Lipinski definition) is 1. The molecule has 2 heterocycles. The Balaban J connectivity index is 1.41. The summed E-state index contributed by atoms with van der Waals surface area (Å²) in [6.45, 7) is 2.24. The number of hydrogen-bond acceptors (Lipinski definition) is 4. The number of halogens is 1. The first-order valence-electron chi connectivity index (χ1n) is 9.28. The number of rotatable bonds is 3. The van der Waals surface area contributed by atoms with Crippen molar-refractivity contribution in [1.82, 2.24) is 9.88 Å². The summed E-state index contributed by atoms with van der Waals surface area (Å²) < 4.78 is 19.3. The van der Waals surface area contributed by atoms with Crippen LogP contribution in [-0.4, -0.2) is 49.2 Å². The SMILES string of the molecule is COc1nc2c(cc1NC(=O)N1CCN(c3ccccc3F)CC1)CCC2. The molecule has 1 aromatic heterocycles. The third kappa shape index (κ3) is 3.54. The van der Waals surface area contributed by atoms with E-state index in [1.807, 2.05) is 17.0 Å². The molecule has 1 aromatic carbocycles. The zero-order valence-electron chi connectivity index (χ0n) is 15.4. The van der Waals surface area contributed by atoms with Gasteiger partial charge in [0, 0.05) is 31.9 Å². The highest BCUT2D eigenvalue weighted by molar-refractivity contribution is 5.91. The van der Waals surface area contributed by atoms with Crippen LogP contribution in [0.3, 0.4) is 0 Å². The number of carbonyl (C=O) groups excluding carboxylic acids is 1. The molecule has 0 saturated carbocycles. The normalized spacial score (nSPS) is 16.2. The van der Waals surface area contributed by atoms with Crippen LogP contribution in [0.25, 0.3) is 0 Å². The molecule has 0 atom stereocenters. The Morgan fingerprint density at radius 2 is 1.96 bits per heavy atom. The standard InChI is InChI=1S/C20H23FN4O2/c1-27-19-17(13-14-5-4-7-16(14)22-19)23-20(26)25-11-9-24(10-12-25)18-8-3-2-6-15(18)21/h2-3,6,8,13H,4-5,7,9-12H2,1H3,(H,23,26). The lowest BCUT2D eigenvalue weighted by Gasteiger charge is -2.36. The second kappa shape index (κ2) is 7.42. The average Bonchev–Trinajstić information content (AvgIpc) is 3.15. The van der Waals surface area contributed by atoms with Gasteiger partial charge in [-0.2, -0.15) is 0 Å². The van der Waals surface area contributed by atoms with E-state index in [-0.39, 0.29) is 11.8 Å². The fraction of sp³-hybridized carbons (Fsp3) is 0.400. The molecule has 1 N–H and O–H groups in total. The van der Waals surface area contributed by atoms with E-state index < -0.39 is 0 Å². The quantitative estimate of drug-likeness (QED) is 0.902. The molecule has 0 radical (unpaired) electrons. The summed E-state index contributed by atoms with van der Waals surface area (Å²) in [6.07, 6.45) is 3.02. The molecule has 0 spiro atoms. The topological polar surface area (TPSA) is 57.7 Å². The number of methoxy groups -OCH3 is 1. The van der Waals surface area contributed by atoms with Crippen molar-refractivity contribution in [3.8, 4) is 5.88 Å². The highest BCUT2D eigenvalue weighted by Crippen LogP contribution is 2.30. The molecule has 142 valence electrons. The summed E-state index contributed by atoms with van der Waals surface area (Å²) in [5, 5.41) is 2.93. The molecule has 1 fully saturated rings. The van der Waals surface area contributed by atoms with Gasteiger partial charge in [-0.3, -0.25) is 0 Å². The minimum atomic E-state index is -0.232. The number of anilines is 2. The average molecular weight is 370 g/mol. The van der Waals surface area contributed by atoms with Gasteiger partial charge < -0.3 is 19.9 Å². The van der Waals surface area contributed by atoms with Gasteiger partial charge in [0.05, 0.1) is 12.8 Å². The Bertz CT molecular complexity index is 850. The highest BCUT2D eigenvalue weighted by Gasteiger charge is 2.24. The van der Waals surface area contributed by atoms with Crippen molar-refractivity contribution in [2.75, 3.05) is 43.5 Å². The number of para-hydroxylation sites is 1. The van der Waals surface area contributed by atoms with Crippen LogP contribution in [0.1, 0.15) is 17.7 Å². The number of nitrogens with one attached hydrogen (secondary N) is 1. The van der Waals surface area contributed by atoms with Crippen molar-refractivity contribution >= 4 is 17.4 Å². The summed E-state index contributed by atoms with van der Waals surface area (Å²) in [6, 6.07) is 8.53. The maximum atomic E-state index is 14.0. The van der Waals surface area contributed by atoms with Crippen LogP contribution in [0.2, 0.25) is 0 Å². The minimum absolute atomic E-state index is 0.179. The van der Waals surface area contributed by atoms with Gasteiger partial charge in [0.1, 0.15) is 11.5 Å². The molecule has 27 heavy (non-hydrogen) atoms. The number of fused-ring (bicyclic) bond motifs is 1. The first-order chi connectivity index (χ1) is 13.2. The molecule has 2 aliphatic rings. The molecule has 6 nitrogen and oxygen atoms in total. The van der Waals surface area contributed by atoms with E-state index in [2.05, 4.69) is 10.3 Å². The third-order valence-electron chi connectivity index (χ3n) is 5.21. The fourth-order valence-corrected chi connectivity index (χ4v) is 3.75. The van der Waals surface area contributed by atoms with Crippen LogP contribution < -0.4 is 15.0 Å². The van der Waals surface area contributed by atoms with Crippen molar-refractivity contribution in [3.05, 3.63) is 47.4 Å². The maximum Gasteiger partial charge on any atom is 0.322 e. The Hall–Kier alpha value is -2.83. The Labute approximate surface area is 157 Å². The van der Waals surface area contributed by atoms with E-state index in [4.69, 9.17) is 4.74 Å². The number of piperazine rings is 1. The van der Waals surface area contributed by atoms with Crippen LogP contribution in [-0.2, 0) is 12.8 Å². The highest BCUT2D eigenvalue weighted by atomic mass is 19.1. The number of ether oxygens (including phenoxy) is 1. The van der Waals surface area contributed by atoms with Crippen LogP contribution in [0, 0.1) is 5.82 Å². The Kier molecular flexibility index (Phi) is 4.83. The molecule has 0 unspecified atom stereocenters. The van der Waals surface area contributed by atoms with Gasteiger partial charge >= 0.3 is 6.03 Å². The second-order valence-electron chi connectivity index (χ2n) is 6.86. The third-order valence-corrected chi connectivity index (χ3v) is 5.21. The van der Waals surface area contributed by atoms with Crippen molar-refractivity contribution in [3.63, 3.8) is 0 Å². The van der Waals surface area contributed by atoms with Gasteiger partial charge in [0.25, 0.3) is 0 Å². The zero-order valence-corrected chi connectivity index (χ0v) is 15.4. The van der Waals surface area contributed by atoms with Crippen LogP contribution in [0.5, 0.6) is 5.88 Å². The first-order valence-corrected chi connectivity index (χ1v) is 9.28. The number of aromatic nitrogens is 1. The molecule has 7 heteroatoms. The van der Waals surface area contributed by atoms with Crippen molar-refractivity contribution in [2.24, 2.45) is 0 Å². The van der Waals surface area contributed by atoms with E-state index in [0.29, 0.717) is 43.4 Å². The number of benzene rings is 1. The van der Waals surface area contributed by atoms with Gasteiger partial charge in [0.2, 0.25) is 5.88 Å². The van der Waals surface area contributed by atoms with Crippen molar-refractivity contribution < 1.29 is 13.9 Å². The van der Waals surface area contributed by atoms with E-state index in [1.54, 1.807) is 24.1 Å². The summed E-state index contributed by atoms with van der Waals surface area (Å²) >= 11 is 0. The van der Waals surface area contributed by atoms with Crippen molar-refractivity contribution in [1.29, 1.82) is 0 Å². The molecule has 1 aliphatic carbocycles. The molecule has 0 bridgehead atoms. The number of amides is 2. The summed E-state index contributed by atoms with van der Waals surface area (Å²) in [7, 11) is 1.56. The number of carbonyl (C=O) groups is 1. The molecule has 1 aliphatic heterocycles. The molecular weight excluding hydrogens is 347 g/mol. The largest absolute Gasteiger partial charge is 0.480 e. The van der Waals surface area contributed by atoms with Crippen molar-refractivity contribution in [2.45, 2.75) is 19.3 Å². The molecule has 1 saturated heterocycles. The van der Waals surface area contributed by atoms with Crippen LogP contribution in [0.4, 0.5) is 20.6 Å². The van der Waals surface area contributed by atoms with Crippen LogP contribution >= 0.6 is 0 Å². The number of nitrogens with zero attached hydrogens (tertiary/aromatic N) is 3. The van der Waals surface area contributed by atoms with Gasteiger partial charge in [-0.1, -0.05) is 12.1 Å². The summed E-state index contributed by atoms with van der Waals surface area (Å²) in [4.78, 5) is 20.9. The Morgan fingerprint density at radius 1 is 1.19 bits per heavy atom. The number of pyridine rings is 1. The zero-order chi connectivity index (χ0) is 18.8. The Morgan fingerprint density at radius 3 is 2.70 bits per heavy atom. The predicted molar refractivity (Wildman–Crippen MR) is 102 cm³/mol. The summed E-state index contributed by atoms with van der Waals surface area (Å²) in [5.74, 6) is 0.221. The molecule has 2 amide bonds.